The van der Waals surface area contributed by atoms with Crippen LogP contribution >= 0.6 is 0 Å². The molecule has 1 aromatic carbocycles. The zero-order chi connectivity index (χ0) is 11.9. The van der Waals surface area contributed by atoms with Crippen LogP contribution in [-0.4, -0.2) is 20.2 Å². The Hall–Kier alpha value is -2.05. The highest BCUT2D eigenvalue weighted by Gasteiger charge is 2.30. The Morgan fingerprint density at radius 3 is 2.06 bits per heavy atom. The molecule has 0 fully saturated rings. The molecule has 0 aliphatic carbocycles. The molecule has 0 atom stereocenters. The van der Waals surface area contributed by atoms with Gasteiger partial charge in [-0.25, -0.2) is 9.97 Å². The molecule has 0 aliphatic rings. The molecule has 0 aliphatic heterocycles. The Morgan fingerprint density at radius 1 is 0.938 bits per heavy atom. The quantitative estimate of drug-likeness (QED) is 0.726. The normalized spacial score (nSPS) is 11.9. The van der Waals surface area contributed by atoms with Crippen LogP contribution < -0.4 is 0 Å². The fourth-order valence-corrected chi connectivity index (χ4v) is 1.21. The summed E-state index contributed by atoms with van der Waals surface area (Å²) in [6, 6.07) is 2.65. The number of aromatic hydroxyl groups is 2. The predicted molar refractivity (Wildman–Crippen MR) is 47.9 cm³/mol. The molecule has 0 saturated heterocycles. The van der Waals surface area contributed by atoms with Gasteiger partial charge in [-0.15, -0.1) is 0 Å². The average Bonchev–Trinajstić information content (AvgIpc) is 2.17. The molecular weight excluding hydrogens is 225 g/mol. The van der Waals surface area contributed by atoms with E-state index in [1.807, 2.05) is 0 Å². The summed E-state index contributed by atoms with van der Waals surface area (Å²) < 4.78 is 37.0. The second kappa shape index (κ2) is 3.22. The Kier molecular flexibility index (Phi) is 2.11. The molecule has 2 N–H and O–H groups in total. The molecule has 16 heavy (non-hydrogen) atoms. The maximum atomic E-state index is 12.3. The van der Waals surface area contributed by atoms with Gasteiger partial charge in [0.25, 0.3) is 11.8 Å². The lowest BCUT2D eigenvalue weighted by Crippen LogP contribution is -2.04. The summed E-state index contributed by atoms with van der Waals surface area (Å²) >= 11 is 0. The van der Waals surface area contributed by atoms with Crippen LogP contribution in [0, 0.1) is 0 Å². The minimum Gasteiger partial charge on any atom is -0.489 e. The Bertz CT molecular complexity index is 554. The monoisotopic (exact) mass is 230 g/mol. The topological polar surface area (TPSA) is 66.2 Å². The van der Waals surface area contributed by atoms with Crippen molar-refractivity contribution in [3.8, 4) is 11.8 Å². The number of aromatic nitrogens is 2. The van der Waals surface area contributed by atoms with Gasteiger partial charge in [0.1, 0.15) is 0 Å². The van der Waals surface area contributed by atoms with Crippen LogP contribution in [0.5, 0.6) is 11.8 Å². The van der Waals surface area contributed by atoms with Gasteiger partial charge >= 0.3 is 6.18 Å². The molecule has 0 unspecified atom stereocenters. The van der Waals surface area contributed by atoms with E-state index in [0.29, 0.717) is 0 Å². The van der Waals surface area contributed by atoms with Gasteiger partial charge in [0.2, 0.25) is 0 Å². The molecule has 0 spiro atoms. The largest absolute Gasteiger partial charge is 0.489 e. The molecule has 2 rings (SSSR count). The SMILES string of the molecule is Oc1nc2ccc(C(F)(F)F)cc2nc1O. The third-order valence-corrected chi connectivity index (χ3v) is 1.96. The van der Waals surface area contributed by atoms with Crippen LogP contribution in [0.15, 0.2) is 18.2 Å². The van der Waals surface area contributed by atoms with E-state index < -0.39 is 23.5 Å². The fourth-order valence-electron chi connectivity index (χ4n) is 1.21. The molecular formula is C9H5F3N2O2. The second-order valence-electron chi connectivity index (χ2n) is 3.07. The van der Waals surface area contributed by atoms with E-state index in [2.05, 4.69) is 9.97 Å². The summed E-state index contributed by atoms with van der Waals surface area (Å²) in [7, 11) is 0. The highest BCUT2D eigenvalue weighted by molar-refractivity contribution is 5.76. The van der Waals surface area contributed by atoms with Gasteiger partial charge in [-0.2, -0.15) is 13.2 Å². The first-order valence-electron chi connectivity index (χ1n) is 4.15. The minimum absolute atomic E-state index is 0.0725. The number of halogens is 3. The highest BCUT2D eigenvalue weighted by atomic mass is 19.4. The molecule has 0 saturated carbocycles. The number of alkyl halides is 3. The number of hydrogen-bond donors (Lipinski definition) is 2. The molecule has 84 valence electrons. The third-order valence-electron chi connectivity index (χ3n) is 1.96. The van der Waals surface area contributed by atoms with E-state index in [-0.39, 0.29) is 11.0 Å². The zero-order valence-corrected chi connectivity index (χ0v) is 7.65. The van der Waals surface area contributed by atoms with Gasteiger partial charge in [-0.3, -0.25) is 0 Å². The zero-order valence-electron chi connectivity index (χ0n) is 7.65. The van der Waals surface area contributed by atoms with Crippen molar-refractivity contribution in [3.63, 3.8) is 0 Å². The van der Waals surface area contributed by atoms with Crippen molar-refractivity contribution in [2.45, 2.75) is 6.18 Å². The summed E-state index contributed by atoms with van der Waals surface area (Å²) in [6.07, 6.45) is -4.48. The Labute approximate surface area is 87.0 Å². The van der Waals surface area contributed by atoms with Crippen molar-refractivity contribution in [2.75, 3.05) is 0 Å². The van der Waals surface area contributed by atoms with E-state index in [0.717, 1.165) is 18.2 Å². The smallest absolute Gasteiger partial charge is 0.416 e. The lowest BCUT2D eigenvalue weighted by molar-refractivity contribution is -0.137. The van der Waals surface area contributed by atoms with Crippen molar-refractivity contribution >= 4 is 11.0 Å². The van der Waals surface area contributed by atoms with E-state index in [4.69, 9.17) is 10.2 Å². The van der Waals surface area contributed by atoms with Crippen LogP contribution in [-0.2, 0) is 6.18 Å². The summed E-state index contributed by atoms with van der Waals surface area (Å²) in [4.78, 5) is 6.87. The van der Waals surface area contributed by atoms with Gasteiger partial charge < -0.3 is 10.2 Å². The lowest BCUT2D eigenvalue weighted by atomic mass is 10.2. The first-order chi connectivity index (χ1) is 7.38. The third kappa shape index (κ3) is 1.71. The summed E-state index contributed by atoms with van der Waals surface area (Å²) in [5, 5.41) is 18.0. The molecule has 0 radical (unpaired) electrons. The average molecular weight is 230 g/mol. The van der Waals surface area contributed by atoms with Gasteiger partial charge in [0, 0.05) is 0 Å². The van der Waals surface area contributed by atoms with E-state index in [9.17, 15) is 13.2 Å². The summed E-state index contributed by atoms with van der Waals surface area (Å²) in [5.41, 5.74) is -0.951. The van der Waals surface area contributed by atoms with Gasteiger partial charge in [-0.1, -0.05) is 0 Å². The molecule has 4 nitrogen and oxygen atoms in total. The number of hydrogen-bond acceptors (Lipinski definition) is 4. The van der Waals surface area contributed by atoms with Crippen molar-refractivity contribution < 1.29 is 23.4 Å². The highest BCUT2D eigenvalue weighted by Crippen LogP contribution is 2.31. The summed E-state index contributed by atoms with van der Waals surface area (Å²) in [6.45, 7) is 0. The van der Waals surface area contributed by atoms with Crippen LogP contribution in [0.2, 0.25) is 0 Å². The predicted octanol–water partition coefficient (Wildman–Crippen LogP) is 2.06. The lowest BCUT2D eigenvalue weighted by Gasteiger charge is -2.07. The van der Waals surface area contributed by atoms with Gasteiger partial charge in [-0.05, 0) is 18.2 Å². The van der Waals surface area contributed by atoms with Crippen LogP contribution in [0.4, 0.5) is 13.2 Å². The molecule has 2 aromatic rings. The first kappa shape index (κ1) is 10.5. The molecule has 0 amide bonds. The maximum absolute atomic E-state index is 12.3. The van der Waals surface area contributed by atoms with Crippen LogP contribution in [0.3, 0.4) is 0 Å². The van der Waals surface area contributed by atoms with Crippen molar-refractivity contribution in [2.24, 2.45) is 0 Å². The number of fused-ring (bicyclic) bond motifs is 1. The number of nitrogens with zero attached hydrogens (tertiary/aromatic N) is 2. The maximum Gasteiger partial charge on any atom is 0.416 e. The van der Waals surface area contributed by atoms with E-state index >= 15 is 0 Å². The van der Waals surface area contributed by atoms with Crippen LogP contribution in [0.25, 0.3) is 11.0 Å². The first-order valence-corrected chi connectivity index (χ1v) is 4.15. The van der Waals surface area contributed by atoms with Crippen molar-refractivity contribution in [1.82, 2.24) is 9.97 Å². The molecule has 1 aromatic heterocycles. The number of benzene rings is 1. The van der Waals surface area contributed by atoms with Gasteiger partial charge in [0.05, 0.1) is 16.6 Å². The Morgan fingerprint density at radius 2 is 1.50 bits per heavy atom. The molecule has 0 bridgehead atoms. The van der Waals surface area contributed by atoms with E-state index in [1.54, 1.807) is 0 Å². The molecule has 1 heterocycles. The summed E-state index contributed by atoms with van der Waals surface area (Å²) in [5.74, 6) is -1.51. The molecule has 7 heteroatoms. The number of rotatable bonds is 0. The van der Waals surface area contributed by atoms with Crippen molar-refractivity contribution in [3.05, 3.63) is 23.8 Å². The minimum atomic E-state index is -4.48. The van der Waals surface area contributed by atoms with E-state index in [1.165, 1.54) is 0 Å². The standard InChI is InChI=1S/C9H5F3N2O2/c10-9(11,12)4-1-2-5-6(3-4)14-8(16)7(15)13-5/h1-3H,(H,13,15)(H,14,16). The van der Waals surface area contributed by atoms with Crippen LogP contribution in [0.1, 0.15) is 5.56 Å². The van der Waals surface area contributed by atoms with Gasteiger partial charge in [0.15, 0.2) is 0 Å². The Balaban J connectivity index is 2.67. The van der Waals surface area contributed by atoms with Crippen molar-refractivity contribution in [1.29, 1.82) is 0 Å². The second-order valence-corrected chi connectivity index (χ2v) is 3.07. The fraction of sp³-hybridized carbons (Fsp3) is 0.111.